The van der Waals surface area contributed by atoms with Crippen LogP contribution >= 0.6 is 11.8 Å². The summed E-state index contributed by atoms with van der Waals surface area (Å²) in [5, 5.41) is 2.74. The van der Waals surface area contributed by atoms with Crippen LogP contribution in [0, 0.1) is 6.92 Å². The normalized spacial score (nSPS) is 13.3. The molecule has 0 fully saturated rings. The highest BCUT2D eigenvalue weighted by Crippen LogP contribution is 2.34. The summed E-state index contributed by atoms with van der Waals surface area (Å²) >= 11 is 1.76. The van der Waals surface area contributed by atoms with Gasteiger partial charge < -0.3 is 10.2 Å². The fourth-order valence-electron chi connectivity index (χ4n) is 2.59. The molecule has 2 heterocycles. The zero-order valence-electron chi connectivity index (χ0n) is 13.5. The molecule has 2 aromatic rings. The highest BCUT2D eigenvalue weighted by Gasteiger charge is 2.22. The zero-order valence-corrected chi connectivity index (χ0v) is 14.3. The van der Waals surface area contributed by atoms with E-state index in [0.29, 0.717) is 12.4 Å². The summed E-state index contributed by atoms with van der Waals surface area (Å²) in [6.07, 6.45) is 2.00. The monoisotopic (exact) mass is 341 g/mol. The van der Waals surface area contributed by atoms with Gasteiger partial charge in [-0.3, -0.25) is 9.59 Å². The average Bonchev–Trinajstić information content (AvgIpc) is 2.59. The number of thioether (sulfide) groups is 1. The van der Waals surface area contributed by atoms with E-state index in [1.54, 1.807) is 28.9 Å². The molecule has 0 bridgehead atoms. The van der Waals surface area contributed by atoms with Gasteiger partial charge in [-0.1, -0.05) is 12.1 Å². The van der Waals surface area contributed by atoms with Gasteiger partial charge in [0.15, 0.2) is 0 Å². The SMILES string of the molecule is Cc1ccnc(NC(=O)CCC(=O)N2CCSc3ccccc32)c1. The van der Waals surface area contributed by atoms with Crippen LogP contribution in [0.25, 0.3) is 0 Å². The van der Waals surface area contributed by atoms with Gasteiger partial charge in [0.25, 0.3) is 0 Å². The van der Waals surface area contributed by atoms with E-state index in [1.165, 1.54) is 0 Å². The number of aryl methyl sites for hydroxylation is 1. The van der Waals surface area contributed by atoms with E-state index in [1.807, 2.05) is 37.3 Å². The Labute approximate surface area is 145 Å². The molecule has 24 heavy (non-hydrogen) atoms. The Morgan fingerprint density at radius 1 is 1.25 bits per heavy atom. The summed E-state index contributed by atoms with van der Waals surface area (Å²) in [4.78, 5) is 31.5. The minimum Gasteiger partial charge on any atom is -0.311 e. The van der Waals surface area contributed by atoms with Crippen molar-refractivity contribution in [3.8, 4) is 0 Å². The number of pyridine rings is 1. The van der Waals surface area contributed by atoms with Crippen molar-refractivity contribution in [2.45, 2.75) is 24.7 Å². The number of carbonyl (C=O) groups excluding carboxylic acids is 2. The zero-order chi connectivity index (χ0) is 16.9. The maximum atomic E-state index is 12.5. The minimum atomic E-state index is -0.193. The lowest BCUT2D eigenvalue weighted by molar-refractivity contribution is -0.122. The van der Waals surface area contributed by atoms with Crippen LogP contribution in [-0.2, 0) is 9.59 Å². The third kappa shape index (κ3) is 3.94. The van der Waals surface area contributed by atoms with Crippen LogP contribution < -0.4 is 10.2 Å². The lowest BCUT2D eigenvalue weighted by Crippen LogP contribution is -2.35. The summed E-state index contributed by atoms with van der Waals surface area (Å²) in [5.41, 5.74) is 1.97. The molecule has 1 N–H and O–H groups in total. The van der Waals surface area contributed by atoms with Crippen molar-refractivity contribution in [2.24, 2.45) is 0 Å². The smallest absolute Gasteiger partial charge is 0.227 e. The number of hydrogen-bond donors (Lipinski definition) is 1. The van der Waals surface area contributed by atoms with Gasteiger partial charge >= 0.3 is 0 Å². The Balaban J connectivity index is 1.57. The number of rotatable bonds is 4. The van der Waals surface area contributed by atoms with Crippen molar-refractivity contribution < 1.29 is 9.59 Å². The lowest BCUT2D eigenvalue weighted by atomic mass is 10.2. The van der Waals surface area contributed by atoms with Gasteiger partial charge in [0.1, 0.15) is 5.82 Å². The van der Waals surface area contributed by atoms with E-state index in [0.717, 1.165) is 21.9 Å². The second-order valence-electron chi connectivity index (χ2n) is 5.63. The van der Waals surface area contributed by atoms with Gasteiger partial charge in [0.2, 0.25) is 11.8 Å². The molecule has 6 heteroatoms. The van der Waals surface area contributed by atoms with E-state index in [4.69, 9.17) is 0 Å². The number of nitrogens with zero attached hydrogens (tertiary/aromatic N) is 2. The van der Waals surface area contributed by atoms with E-state index < -0.39 is 0 Å². The van der Waals surface area contributed by atoms with Gasteiger partial charge in [-0.2, -0.15) is 0 Å². The summed E-state index contributed by atoms with van der Waals surface area (Å²) in [7, 11) is 0. The Morgan fingerprint density at radius 2 is 2.08 bits per heavy atom. The molecular weight excluding hydrogens is 322 g/mol. The quantitative estimate of drug-likeness (QED) is 0.927. The van der Waals surface area contributed by atoms with Crippen LogP contribution in [0.15, 0.2) is 47.5 Å². The van der Waals surface area contributed by atoms with E-state index in [-0.39, 0.29) is 24.7 Å². The first-order valence-electron chi connectivity index (χ1n) is 7.88. The maximum absolute atomic E-state index is 12.5. The second-order valence-corrected chi connectivity index (χ2v) is 6.76. The number of aromatic nitrogens is 1. The number of carbonyl (C=O) groups is 2. The standard InChI is InChI=1S/C18H19N3O2S/c1-13-8-9-19-16(12-13)20-17(22)6-7-18(23)21-10-11-24-15-5-3-2-4-14(15)21/h2-5,8-9,12H,6-7,10-11H2,1H3,(H,19,20,22). The lowest BCUT2D eigenvalue weighted by Gasteiger charge is -2.29. The largest absolute Gasteiger partial charge is 0.311 e. The summed E-state index contributed by atoms with van der Waals surface area (Å²) in [6, 6.07) is 11.6. The molecule has 2 amide bonds. The van der Waals surface area contributed by atoms with Crippen LogP contribution in [0.4, 0.5) is 11.5 Å². The molecule has 1 aromatic heterocycles. The first-order valence-corrected chi connectivity index (χ1v) is 8.87. The Hall–Kier alpha value is -2.34. The van der Waals surface area contributed by atoms with Crippen molar-refractivity contribution in [2.75, 3.05) is 22.5 Å². The minimum absolute atomic E-state index is 0.0184. The third-order valence-electron chi connectivity index (χ3n) is 3.78. The van der Waals surface area contributed by atoms with Crippen molar-refractivity contribution in [1.82, 2.24) is 4.98 Å². The topological polar surface area (TPSA) is 62.3 Å². The van der Waals surface area contributed by atoms with Crippen molar-refractivity contribution in [3.63, 3.8) is 0 Å². The first kappa shape index (κ1) is 16.5. The molecule has 1 aliphatic rings. The number of fused-ring (bicyclic) bond motifs is 1. The van der Waals surface area contributed by atoms with Crippen LogP contribution in [0.2, 0.25) is 0 Å². The van der Waals surface area contributed by atoms with Gasteiger partial charge in [-0.15, -0.1) is 11.8 Å². The molecule has 0 saturated carbocycles. The summed E-state index contributed by atoms with van der Waals surface area (Å²) < 4.78 is 0. The Bertz CT molecular complexity index is 763. The molecule has 0 saturated heterocycles. The number of hydrogen-bond acceptors (Lipinski definition) is 4. The van der Waals surface area contributed by atoms with Gasteiger partial charge in [0, 0.05) is 36.2 Å². The summed E-state index contributed by atoms with van der Waals surface area (Å²) in [5.74, 6) is 1.19. The second kappa shape index (κ2) is 7.49. The van der Waals surface area contributed by atoms with E-state index >= 15 is 0 Å². The fraction of sp³-hybridized carbons (Fsp3) is 0.278. The van der Waals surface area contributed by atoms with Crippen molar-refractivity contribution >= 4 is 35.1 Å². The molecule has 3 rings (SSSR count). The molecule has 124 valence electrons. The number of para-hydroxylation sites is 1. The molecule has 0 radical (unpaired) electrons. The predicted molar refractivity (Wildman–Crippen MR) is 96.4 cm³/mol. The van der Waals surface area contributed by atoms with Gasteiger partial charge in [-0.05, 0) is 36.8 Å². The molecule has 1 aliphatic heterocycles. The van der Waals surface area contributed by atoms with Crippen LogP contribution in [0.1, 0.15) is 18.4 Å². The molecule has 0 aliphatic carbocycles. The number of anilines is 2. The molecule has 5 nitrogen and oxygen atoms in total. The number of benzene rings is 1. The van der Waals surface area contributed by atoms with Crippen LogP contribution in [-0.4, -0.2) is 29.1 Å². The average molecular weight is 341 g/mol. The Kier molecular flexibility index (Phi) is 5.15. The highest BCUT2D eigenvalue weighted by atomic mass is 32.2. The van der Waals surface area contributed by atoms with Crippen molar-refractivity contribution in [3.05, 3.63) is 48.2 Å². The first-order chi connectivity index (χ1) is 11.6. The Morgan fingerprint density at radius 3 is 2.92 bits per heavy atom. The summed E-state index contributed by atoms with van der Waals surface area (Å²) in [6.45, 7) is 2.62. The van der Waals surface area contributed by atoms with Gasteiger partial charge in [0.05, 0.1) is 5.69 Å². The van der Waals surface area contributed by atoms with Gasteiger partial charge in [-0.25, -0.2) is 4.98 Å². The number of amides is 2. The highest BCUT2D eigenvalue weighted by molar-refractivity contribution is 7.99. The number of nitrogens with one attached hydrogen (secondary N) is 1. The van der Waals surface area contributed by atoms with E-state index in [2.05, 4.69) is 10.3 Å². The van der Waals surface area contributed by atoms with E-state index in [9.17, 15) is 9.59 Å². The molecule has 0 atom stereocenters. The molecular formula is C18H19N3O2S. The molecule has 1 aromatic carbocycles. The molecule has 0 spiro atoms. The fourth-order valence-corrected chi connectivity index (χ4v) is 3.59. The predicted octanol–water partition coefficient (Wildman–Crippen LogP) is 3.25. The third-order valence-corrected chi connectivity index (χ3v) is 4.82. The maximum Gasteiger partial charge on any atom is 0.227 e. The molecule has 0 unspecified atom stereocenters. The van der Waals surface area contributed by atoms with Crippen LogP contribution in [0.5, 0.6) is 0 Å². The van der Waals surface area contributed by atoms with Crippen LogP contribution in [0.3, 0.4) is 0 Å². The van der Waals surface area contributed by atoms with Crippen molar-refractivity contribution in [1.29, 1.82) is 0 Å².